The van der Waals surface area contributed by atoms with Gasteiger partial charge in [0.05, 0.1) is 30.6 Å². The summed E-state index contributed by atoms with van der Waals surface area (Å²) < 4.78 is 5.15. The third kappa shape index (κ3) is 3.27. The lowest BCUT2D eigenvalue weighted by Gasteiger charge is -2.34. The Hall–Kier alpha value is -3.12. The number of nitrogens with zero attached hydrogens (tertiary/aromatic N) is 3. The molecule has 142 valence electrons. The zero-order chi connectivity index (χ0) is 19.7. The molecular formula is C21H18ClN3O3. The Labute approximate surface area is 167 Å². The molecule has 1 aromatic heterocycles. The average Bonchev–Trinajstić information content (AvgIpc) is 2.72. The molecule has 0 unspecified atom stereocenters. The molecule has 1 fully saturated rings. The number of pyridine rings is 1. The third-order valence-corrected chi connectivity index (χ3v) is 5.16. The van der Waals surface area contributed by atoms with E-state index < -0.39 is 0 Å². The summed E-state index contributed by atoms with van der Waals surface area (Å²) in [5.74, 6) is 0.531. The number of hydrogen-bond donors (Lipinski definition) is 0. The summed E-state index contributed by atoms with van der Waals surface area (Å²) in [5.41, 5.74) is 1.50. The van der Waals surface area contributed by atoms with E-state index in [0.29, 0.717) is 17.3 Å². The van der Waals surface area contributed by atoms with Crippen LogP contribution in [0.1, 0.15) is 12.0 Å². The predicted octanol–water partition coefficient (Wildman–Crippen LogP) is 4.26. The van der Waals surface area contributed by atoms with E-state index in [-0.39, 0.29) is 24.9 Å². The number of fused-ring (bicyclic) bond motifs is 1. The molecule has 0 radical (unpaired) electrons. The minimum absolute atomic E-state index is 0.191. The Morgan fingerprint density at radius 3 is 2.61 bits per heavy atom. The molecule has 3 amide bonds. The van der Waals surface area contributed by atoms with Gasteiger partial charge >= 0.3 is 6.03 Å². The molecule has 1 aliphatic rings. The standard InChI is InChI=1S/C21H18ClN3O3/c1-28-15-7-5-14(6-8-15)13-25-20(26)9-10-24(21(25)27)19-12-23-11-17-16(19)3-2-4-18(17)22/h2-8,11-12H,9-10,13H2,1H3. The van der Waals surface area contributed by atoms with Crippen molar-refractivity contribution in [2.24, 2.45) is 0 Å². The van der Waals surface area contributed by atoms with E-state index in [1.54, 1.807) is 30.5 Å². The first-order chi connectivity index (χ1) is 13.6. The van der Waals surface area contributed by atoms with Crippen LogP contribution in [0, 0.1) is 0 Å². The van der Waals surface area contributed by atoms with E-state index in [1.807, 2.05) is 36.4 Å². The number of hydrogen-bond acceptors (Lipinski definition) is 4. The monoisotopic (exact) mass is 395 g/mol. The molecule has 1 saturated heterocycles. The maximum absolute atomic E-state index is 13.1. The number of imide groups is 1. The molecule has 0 atom stereocenters. The van der Waals surface area contributed by atoms with Crippen molar-refractivity contribution in [1.82, 2.24) is 9.88 Å². The molecule has 4 rings (SSSR count). The smallest absolute Gasteiger partial charge is 0.331 e. The molecule has 6 nitrogen and oxygen atoms in total. The van der Waals surface area contributed by atoms with Gasteiger partial charge in [0.25, 0.3) is 0 Å². The van der Waals surface area contributed by atoms with Crippen LogP contribution in [0.5, 0.6) is 5.75 Å². The summed E-state index contributed by atoms with van der Waals surface area (Å²) in [6.45, 7) is 0.515. The quantitative estimate of drug-likeness (QED) is 0.662. The zero-order valence-corrected chi connectivity index (χ0v) is 16.0. The number of urea groups is 1. The minimum atomic E-state index is -0.360. The first-order valence-electron chi connectivity index (χ1n) is 8.85. The van der Waals surface area contributed by atoms with Gasteiger partial charge < -0.3 is 4.74 Å². The lowest BCUT2D eigenvalue weighted by atomic mass is 10.1. The predicted molar refractivity (Wildman–Crippen MR) is 108 cm³/mol. The van der Waals surface area contributed by atoms with Crippen LogP contribution in [0.4, 0.5) is 10.5 Å². The number of benzene rings is 2. The normalized spacial score (nSPS) is 14.6. The zero-order valence-electron chi connectivity index (χ0n) is 15.3. The SMILES string of the molecule is COc1ccc(CN2C(=O)CCN(c3cncc4c(Cl)cccc34)C2=O)cc1. The fourth-order valence-corrected chi connectivity index (χ4v) is 3.57. The fourth-order valence-electron chi connectivity index (χ4n) is 3.34. The second kappa shape index (κ2) is 7.48. The number of carbonyl (C=O) groups excluding carboxylic acids is 2. The molecule has 0 spiro atoms. The number of halogens is 1. The molecule has 28 heavy (non-hydrogen) atoms. The first-order valence-corrected chi connectivity index (χ1v) is 9.23. The fraction of sp³-hybridized carbons (Fsp3) is 0.190. The van der Waals surface area contributed by atoms with Crippen molar-refractivity contribution in [2.45, 2.75) is 13.0 Å². The molecule has 0 bridgehead atoms. The van der Waals surface area contributed by atoms with Gasteiger partial charge in [0.1, 0.15) is 5.75 Å². The Bertz CT molecular complexity index is 1050. The summed E-state index contributed by atoms with van der Waals surface area (Å²) in [7, 11) is 1.59. The largest absolute Gasteiger partial charge is 0.497 e. The van der Waals surface area contributed by atoms with Crippen LogP contribution in [0.2, 0.25) is 5.02 Å². The van der Waals surface area contributed by atoms with Gasteiger partial charge in [-0.1, -0.05) is 35.9 Å². The van der Waals surface area contributed by atoms with Gasteiger partial charge in [0.15, 0.2) is 0 Å². The van der Waals surface area contributed by atoms with Crippen molar-refractivity contribution in [3.8, 4) is 5.75 Å². The molecule has 0 aliphatic carbocycles. The summed E-state index contributed by atoms with van der Waals surface area (Å²) >= 11 is 6.27. The van der Waals surface area contributed by atoms with Gasteiger partial charge in [-0.15, -0.1) is 0 Å². The summed E-state index contributed by atoms with van der Waals surface area (Å²) in [6, 6.07) is 12.5. The van der Waals surface area contributed by atoms with E-state index in [1.165, 1.54) is 4.90 Å². The molecule has 7 heteroatoms. The van der Waals surface area contributed by atoms with Gasteiger partial charge in [0.2, 0.25) is 5.91 Å². The maximum atomic E-state index is 13.1. The number of amides is 3. The second-order valence-electron chi connectivity index (χ2n) is 6.51. The van der Waals surface area contributed by atoms with E-state index in [2.05, 4.69) is 4.98 Å². The highest BCUT2D eigenvalue weighted by Gasteiger charge is 2.33. The molecular weight excluding hydrogens is 378 g/mol. The number of anilines is 1. The molecule has 2 aromatic carbocycles. The van der Waals surface area contributed by atoms with Crippen molar-refractivity contribution in [1.29, 1.82) is 0 Å². The highest BCUT2D eigenvalue weighted by molar-refractivity contribution is 6.36. The lowest BCUT2D eigenvalue weighted by molar-refractivity contribution is -0.129. The molecule has 0 saturated carbocycles. The Kier molecular flexibility index (Phi) is 4.88. The summed E-state index contributed by atoms with van der Waals surface area (Å²) in [6.07, 6.45) is 3.56. The molecule has 0 N–H and O–H groups in total. The molecule has 1 aliphatic heterocycles. The first kappa shape index (κ1) is 18.3. The van der Waals surface area contributed by atoms with E-state index in [4.69, 9.17) is 16.3 Å². The Morgan fingerprint density at radius 1 is 1.07 bits per heavy atom. The molecule has 2 heterocycles. The lowest BCUT2D eigenvalue weighted by Crippen LogP contribution is -2.52. The van der Waals surface area contributed by atoms with E-state index in [0.717, 1.165) is 22.1 Å². The van der Waals surface area contributed by atoms with Gasteiger partial charge in [-0.05, 0) is 23.8 Å². The number of aromatic nitrogens is 1. The highest BCUT2D eigenvalue weighted by Crippen LogP contribution is 2.32. The number of methoxy groups -OCH3 is 1. The third-order valence-electron chi connectivity index (χ3n) is 4.83. The molecule has 3 aromatic rings. The maximum Gasteiger partial charge on any atom is 0.331 e. The highest BCUT2D eigenvalue weighted by atomic mass is 35.5. The van der Waals surface area contributed by atoms with Crippen LogP contribution < -0.4 is 9.64 Å². The van der Waals surface area contributed by atoms with Gasteiger partial charge in [-0.25, -0.2) is 4.79 Å². The van der Waals surface area contributed by atoms with Crippen molar-refractivity contribution < 1.29 is 14.3 Å². The van der Waals surface area contributed by atoms with Crippen molar-refractivity contribution in [2.75, 3.05) is 18.6 Å². The van der Waals surface area contributed by atoms with Crippen LogP contribution in [-0.2, 0) is 11.3 Å². The number of ether oxygens (including phenoxy) is 1. The van der Waals surface area contributed by atoms with Crippen molar-refractivity contribution in [3.63, 3.8) is 0 Å². The summed E-state index contributed by atoms with van der Waals surface area (Å²) in [4.78, 5) is 32.7. The Balaban J connectivity index is 1.66. The van der Waals surface area contributed by atoms with Gasteiger partial charge in [-0.2, -0.15) is 0 Å². The average molecular weight is 396 g/mol. The van der Waals surface area contributed by atoms with E-state index in [9.17, 15) is 9.59 Å². The van der Waals surface area contributed by atoms with Crippen LogP contribution >= 0.6 is 11.6 Å². The van der Waals surface area contributed by atoms with Crippen molar-refractivity contribution >= 4 is 40.0 Å². The summed E-state index contributed by atoms with van der Waals surface area (Å²) in [5, 5.41) is 2.17. The van der Waals surface area contributed by atoms with Crippen LogP contribution in [0.25, 0.3) is 10.8 Å². The number of rotatable bonds is 4. The van der Waals surface area contributed by atoms with Crippen LogP contribution in [0.15, 0.2) is 54.9 Å². The van der Waals surface area contributed by atoms with Gasteiger partial charge in [-0.3, -0.25) is 19.6 Å². The second-order valence-corrected chi connectivity index (χ2v) is 6.91. The topological polar surface area (TPSA) is 62.7 Å². The van der Waals surface area contributed by atoms with E-state index >= 15 is 0 Å². The Morgan fingerprint density at radius 2 is 1.86 bits per heavy atom. The van der Waals surface area contributed by atoms with Gasteiger partial charge in [0, 0.05) is 29.9 Å². The van der Waals surface area contributed by atoms with Crippen LogP contribution in [0.3, 0.4) is 0 Å². The van der Waals surface area contributed by atoms with Crippen LogP contribution in [-0.4, -0.2) is 35.5 Å². The van der Waals surface area contributed by atoms with Crippen molar-refractivity contribution in [3.05, 3.63) is 65.4 Å². The minimum Gasteiger partial charge on any atom is -0.497 e. The number of carbonyl (C=O) groups is 2.